The minimum absolute atomic E-state index is 0.0544. The molecule has 8 heteroatoms. The monoisotopic (exact) mass is 396 g/mol. The normalized spacial score (nSPS) is 16.7. The lowest BCUT2D eigenvalue weighted by molar-refractivity contribution is -0.126. The van der Waals surface area contributed by atoms with Gasteiger partial charge in [0.15, 0.2) is 0 Å². The average Bonchev–Trinajstić information content (AvgIpc) is 3.11. The molecule has 148 valence electrons. The molecule has 29 heavy (non-hydrogen) atoms. The number of carbonyl (C=O) groups is 2. The zero-order valence-electron chi connectivity index (χ0n) is 15.5. The molecule has 6 nitrogen and oxygen atoms in total. The zero-order valence-corrected chi connectivity index (χ0v) is 15.5. The Morgan fingerprint density at radius 1 is 1.21 bits per heavy atom. The molecule has 1 aromatic heterocycles. The molecule has 0 fully saturated rings. The number of carbonyl (C=O) groups excluding carboxylic acids is 2. The highest BCUT2D eigenvalue weighted by Crippen LogP contribution is 2.34. The number of benzene rings is 2. The molecule has 0 bridgehead atoms. The van der Waals surface area contributed by atoms with E-state index in [0.29, 0.717) is 17.0 Å². The molecule has 0 aliphatic carbocycles. The van der Waals surface area contributed by atoms with E-state index in [2.05, 4.69) is 15.6 Å². The van der Waals surface area contributed by atoms with Crippen LogP contribution < -0.4 is 10.6 Å². The van der Waals surface area contributed by atoms with Gasteiger partial charge < -0.3 is 15.2 Å². The fourth-order valence-corrected chi connectivity index (χ4v) is 3.52. The van der Waals surface area contributed by atoms with Gasteiger partial charge in [-0.1, -0.05) is 18.2 Å². The number of imidazole rings is 1. The van der Waals surface area contributed by atoms with Crippen molar-refractivity contribution in [2.24, 2.45) is 7.05 Å². The zero-order chi connectivity index (χ0) is 20.5. The third-order valence-electron chi connectivity index (χ3n) is 4.98. The summed E-state index contributed by atoms with van der Waals surface area (Å²) in [5.74, 6) is -1.86. The standard InChI is InChI=1S/C21H18F2N4O2/c1-27-9-8-24-20(27)19(12-2-4-13(22)5-3-12)26-21(29)16-11-18(28)25-17-10-14(23)6-7-15(16)17/h2-10,16,19H,11H2,1H3,(H,25,28)(H,26,29)/t16-,19-/m1/s1. The van der Waals surface area contributed by atoms with Gasteiger partial charge in [0, 0.05) is 31.5 Å². The number of fused-ring (bicyclic) bond motifs is 1. The average molecular weight is 396 g/mol. The van der Waals surface area contributed by atoms with E-state index in [1.165, 1.54) is 30.3 Å². The van der Waals surface area contributed by atoms with Crippen molar-refractivity contribution in [3.63, 3.8) is 0 Å². The number of anilines is 1. The Bertz CT molecular complexity index is 1080. The van der Waals surface area contributed by atoms with E-state index in [1.807, 2.05) is 0 Å². The van der Waals surface area contributed by atoms with Gasteiger partial charge in [0.1, 0.15) is 23.5 Å². The van der Waals surface area contributed by atoms with E-state index in [-0.39, 0.29) is 18.0 Å². The molecule has 1 aliphatic rings. The summed E-state index contributed by atoms with van der Waals surface area (Å²) in [4.78, 5) is 29.5. The first-order chi connectivity index (χ1) is 13.9. The summed E-state index contributed by atoms with van der Waals surface area (Å²) < 4.78 is 28.7. The minimum atomic E-state index is -0.775. The highest BCUT2D eigenvalue weighted by molar-refractivity contribution is 6.01. The molecule has 2 amide bonds. The molecule has 0 radical (unpaired) electrons. The van der Waals surface area contributed by atoms with Crippen LogP contribution in [0.2, 0.25) is 0 Å². The van der Waals surface area contributed by atoms with Gasteiger partial charge in [-0.3, -0.25) is 9.59 Å². The molecule has 4 rings (SSSR count). The molecule has 0 saturated carbocycles. The Balaban J connectivity index is 1.68. The highest BCUT2D eigenvalue weighted by atomic mass is 19.1. The Kier molecular flexibility index (Phi) is 4.84. The molecule has 0 saturated heterocycles. The second kappa shape index (κ2) is 7.46. The fraction of sp³-hybridized carbons (Fsp3) is 0.190. The first-order valence-corrected chi connectivity index (χ1v) is 9.04. The summed E-state index contributed by atoms with van der Waals surface area (Å²) in [6.07, 6.45) is 3.29. The van der Waals surface area contributed by atoms with Crippen LogP contribution in [0.4, 0.5) is 14.5 Å². The number of amides is 2. The molecule has 3 aromatic rings. The second-order valence-electron chi connectivity index (χ2n) is 6.93. The van der Waals surface area contributed by atoms with Crippen molar-refractivity contribution in [3.8, 4) is 0 Å². The first-order valence-electron chi connectivity index (χ1n) is 9.04. The molecule has 2 N–H and O–H groups in total. The van der Waals surface area contributed by atoms with E-state index in [0.717, 1.165) is 0 Å². The highest BCUT2D eigenvalue weighted by Gasteiger charge is 2.33. The summed E-state index contributed by atoms with van der Waals surface area (Å²) >= 11 is 0. The van der Waals surface area contributed by atoms with E-state index in [1.54, 1.807) is 36.1 Å². The Hall–Kier alpha value is -3.55. The van der Waals surface area contributed by atoms with E-state index >= 15 is 0 Å². The summed E-state index contributed by atoms with van der Waals surface area (Å²) in [6, 6.07) is 9.08. The number of hydrogen-bond acceptors (Lipinski definition) is 3. The van der Waals surface area contributed by atoms with Crippen LogP contribution in [0.3, 0.4) is 0 Å². The number of aryl methyl sites for hydroxylation is 1. The molecular weight excluding hydrogens is 378 g/mol. The van der Waals surface area contributed by atoms with Crippen LogP contribution in [-0.2, 0) is 16.6 Å². The van der Waals surface area contributed by atoms with Crippen molar-refractivity contribution in [1.82, 2.24) is 14.9 Å². The number of hydrogen-bond donors (Lipinski definition) is 2. The molecule has 2 atom stereocenters. The molecule has 0 unspecified atom stereocenters. The van der Waals surface area contributed by atoms with Crippen LogP contribution >= 0.6 is 0 Å². The summed E-state index contributed by atoms with van der Waals surface area (Å²) in [5.41, 5.74) is 1.48. The van der Waals surface area contributed by atoms with Crippen LogP contribution in [0.25, 0.3) is 0 Å². The van der Waals surface area contributed by atoms with E-state index in [9.17, 15) is 18.4 Å². The molecule has 0 spiro atoms. The number of aromatic nitrogens is 2. The Labute approximate surface area is 165 Å². The molecular formula is C21H18F2N4O2. The molecule has 2 heterocycles. The summed E-state index contributed by atoms with van der Waals surface area (Å²) in [7, 11) is 1.79. The van der Waals surface area contributed by atoms with Gasteiger partial charge in [0.2, 0.25) is 11.8 Å². The number of rotatable bonds is 4. The minimum Gasteiger partial charge on any atom is -0.342 e. The first kappa shape index (κ1) is 18.8. The van der Waals surface area contributed by atoms with Crippen LogP contribution in [-0.4, -0.2) is 21.4 Å². The Morgan fingerprint density at radius 3 is 2.62 bits per heavy atom. The lowest BCUT2D eigenvalue weighted by Crippen LogP contribution is -2.38. The van der Waals surface area contributed by atoms with Gasteiger partial charge >= 0.3 is 0 Å². The topological polar surface area (TPSA) is 76.0 Å². The fourth-order valence-electron chi connectivity index (χ4n) is 3.52. The maximum atomic E-state index is 13.6. The van der Waals surface area contributed by atoms with Crippen molar-refractivity contribution < 1.29 is 18.4 Å². The van der Waals surface area contributed by atoms with Gasteiger partial charge in [0.25, 0.3) is 0 Å². The molecule has 2 aromatic carbocycles. The quantitative estimate of drug-likeness (QED) is 0.712. The van der Waals surface area contributed by atoms with Crippen LogP contribution in [0, 0.1) is 11.6 Å². The van der Waals surface area contributed by atoms with E-state index in [4.69, 9.17) is 0 Å². The van der Waals surface area contributed by atoms with E-state index < -0.39 is 29.5 Å². The number of nitrogens with one attached hydrogen (secondary N) is 2. The van der Waals surface area contributed by atoms with Crippen LogP contribution in [0.5, 0.6) is 0 Å². The van der Waals surface area contributed by atoms with Gasteiger partial charge in [-0.05, 0) is 35.4 Å². The number of halogens is 2. The lowest BCUT2D eigenvalue weighted by Gasteiger charge is -2.27. The summed E-state index contributed by atoms with van der Waals surface area (Å²) in [6.45, 7) is 0. The maximum absolute atomic E-state index is 13.6. The largest absolute Gasteiger partial charge is 0.342 e. The Morgan fingerprint density at radius 2 is 1.93 bits per heavy atom. The van der Waals surface area contributed by atoms with Crippen molar-refractivity contribution in [3.05, 3.63) is 83.4 Å². The van der Waals surface area contributed by atoms with Crippen molar-refractivity contribution in [2.45, 2.75) is 18.4 Å². The van der Waals surface area contributed by atoms with Crippen LogP contribution in [0.1, 0.15) is 35.3 Å². The second-order valence-corrected chi connectivity index (χ2v) is 6.93. The third kappa shape index (κ3) is 3.73. The van der Waals surface area contributed by atoms with Gasteiger partial charge in [0.05, 0.1) is 5.92 Å². The lowest BCUT2D eigenvalue weighted by atomic mass is 9.89. The predicted octanol–water partition coefficient (Wildman–Crippen LogP) is 3.03. The maximum Gasteiger partial charge on any atom is 0.229 e. The number of nitrogens with zero attached hydrogens (tertiary/aromatic N) is 2. The van der Waals surface area contributed by atoms with Gasteiger partial charge in [-0.2, -0.15) is 0 Å². The van der Waals surface area contributed by atoms with Crippen molar-refractivity contribution in [2.75, 3.05) is 5.32 Å². The summed E-state index contributed by atoms with van der Waals surface area (Å²) in [5, 5.41) is 5.52. The predicted molar refractivity (Wildman–Crippen MR) is 102 cm³/mol. The van der Waals surface area contributed by atoms with Gasteiger partial charge in [-0.25, -0.2) is 13.8 Å². The van der Waals surface area contributed by atoms with Crippen molar-refractivity contribution >= 4 is 17.5 Å². The van der Waals surface area contributed by atoms with Crippen LogP contribution in [0.15, 0.2) is 54.9 Å². The van der Waals surface area contributed by atoms with Crippen molar-refractivity contribution in [1.29, 1.82) is 0 Å². The third-order valence-corrected chi connectivity index (χ3v) is 4.98. The molecule has 1 aliphatic heterocycles. The van der Waals surface area contributed by atoms with Gasteiger partial charge in [-0.15, -0.1) is 0 Å². The SMILES string of the molecule is Cn1ccnc1[C@H](NC(=O)[C@@H]1CC(=O)Nc2cc(F)ccc21)c1ccc(F)cc1. The smallest absolute Gasteiger partial charge is 0.229 e.